The van der Waals surface area contributed by atoms with E-state index in [0.717, 1.165) is 6.42 Å². The van der Waals surface area contributed by atoms with E-state index in [0.29, 0.717) is 19.4 Å². The maximum atomic E-state index is 11.6. The number of carbonyl (C=O) groups is 1. The van der Waals surface area contributed by atoms with Crippen LogP contribution in [0.25, 0.3) is 21.5 Å². The SMILES string of the molecule is C=CCCC(=O)OCCc1c2ccccc2cc2ccccc12. The minimum Gasteiger partial charge on any atom is -0.465 e. The number of hydrogen-bond acceptors (Lipinski definition) is 2. The van der Waals surface area contributed by atoms with Gasteiger partial charge in [-0.25, -0.2) is 0 Å². The van der Waals surface area contributed by atoms with Gasteiger partial charge in [0.1, 0.15) is 0 Å². The van der Waals surface area contributed by atoms with Gasteiger partial charge >= 0.3 is 5.97 Å². The summed E-state index contributed by atoms with van der Waals surface area (Å²) in [4.78, 5) is 11.6. The van der Waals surface area contributed by atoms with Crippen LogP contribution in [-0.2, 0) is 16.0 Å². The van der Waals surface area contributed by atoms with E-state index in [9.17, 15) is 4.79 Å². The lowest BCUT2D eigenvalue weighted by Crippen LogP contribution is -2.07. The summed E-state index contributed by atoms with van der Waals surface area (Å²) in [5.41, 5.74) is 1.25. The first-order chi connectivity index (χ1) is 11.3. The maximum absolute atomic E-state index is 11.6. The van der Waals surface area contributed by atoms with Crippen LogP contribution in [0.15, 0.2) is 67.3 Å². The minimum atomic E-state index is -0.158. The standard InChI is InChI=1S/C21H20O2/c1-2-3-12-21(22)23-14-13-20-18-10-6-4-8-16(18)15-17-9-5-7-11-19(17)20/h2,4-11,15H,1,3,12-14H2. The van der Waals surface area contributed by atoms with Crippen molar-refractivity contribution in [3.8, 4) is 0 Å². The van der Waals surface area contributed by atoms with Crippen LogP contribution in [0.5, 0.6) is 0 Å². The van der Waals surface area contributed by atoms with E-state index in [1.807, 2.05) is 0 Å². The molecule has 0 bridgehead atoms. The largest absolute Gasteiger partial charge is 0.465 e. The molecule has 0 fully saturated rings. The molecule has 0 aliphatic carbocycles. The molecule has 0 N–H and O–H groups in total. The Morgan fingerprint density at radius 2 is 1.61 bits per heavy atom. The van der Waals surface area contributed by atoms with Gasteiger partial charge in [-0.2, -0.15) is 0 Å². The smallest absolute Gasteiger partial charge is 0.306 e. The van der Waals surface area contributed by atoms with Gasteiger partial charge in [0.2, 0.25) is 0 Å². The highest BCUT2D eigenvalue weighted by atomic mass is 16.5. The van der Waals surface area contributed by atoms with Crippen LogP contribution in [-0.4, -0.2) is 12.6 Å². The molecule has 0 aliphatic rings. The molecule has 0 unspecified atom stereocenters. The first-order valence-electron chi connectivity index (χ1n) is 7.95. The van der Waals surface area contributed by atoms with E-state index in [4.69, 9.17) is 4.74 Å². The summed E-state index contributed by atoms with van der Waals surface area (Å²) in [5.74, 6) is -0.158. The number of fused-ring (bicyclic) bond motifs is 2. The van der Waals surface area contributed by atoms with Crippen LogP contribution < -0.4 is 0 Å². The van der Waals surface area contributed by atoms with Crippen LogP contribution in [0.4, 0.5) is 0 Å². The Labute approximate surface area is 136 Å². The average molecular weight is 304 g/mol. The zero-order valence-electron chi connectivity index (χ0n) is 13.1. The molecule has 116 valence electrons. The molecule has 3 rings (SSSR count). The molecular weight excluding hydrogens is 284 g/mol. The van der Waals surface area contributed by atoms with E-state index in [1.54, 1.807) is 6.08 Å². The fourth-order valence-corrected chi connectivity index (χ4v) is 2.94. The van der Waals surface area contributed by atoms with Gasteiger partial charge in [0.25, 0.3) is 0 Å². The first kappa shape index (κ1) is 15.3. The summed E-state index contributed by atoms with van der Waals surface area (Å²) in [5, 5.41) is 4.90. The number of hydrogen-bond donors (Lipinski definition) is 0. The third kappa shape index (κ3) is 3.42. The maximum Gasteiger partial charge on any atom is 0.306 e. The Kier molecular flexibility index (Phi) is 4.72. The number of esters is 1. The Bertz CT molecular complexity index is 795. The number of carbonyl (C=O) groups excluding carboxylic acids is 1. The lowest BCUT2D eigenvalue weighted by atomic mass is 9.95. The molecule has 23 heavy (non-hydrogen) atoms. The molecule has 0 aromatic heterocycles. The summed E-state index contributed by atoms with van der Waals surface area (Å²) in [6.07, 6.45) is 3.52. The van der Waals surface area contributed by atoms with Crippen molar-refractivity contribution < 1.29 is 9.53 Å². The van der Waals surface area contributed by atoms with Gasteiger partial charge < -0.3 is 4.74 Å². The molecule has 0 spiro atoms. The molecule has 0 aliphatic heterocycles. The van der Waals surface area contributed by atoms with Crippen LogP contribution in [0.3, 0.4) is 0 Å². The predicted molar refractivity (Wildman–Crippen MR) is 95.5 cm³/mol. The van der Waals surface area contributed by atoms with Crippen molar-refractivity contribution in [2.75, 3.05) is 6.61 Å². The molecule has 3 aromatic carbocycles. The van der Waals surface area contributed by atoms with Crippen molar-refractivity contribution in [1.29, 1.82) is 0 Å². The highest BCUT2D eigenvalue weighted by molar-refractivity contribution is 6.02. The Morgan fingerprint density at radius 1 is 1.00 bits per heavy atom. The average Bonchev–Trinajstić information content (AvgIpc) is 2.59. The number of allylic oxidation sites excluding steroid dienone is 1. The van der Waals surface area contributed by atoms with Crippen molar-refractivity contribution in [3.05, 3.63) is 72.8 Å². The van der Waals surface area contributed by atoms with Crippen molar-refractivity contribution in [3.63, 3.8) is 0 Å². The zero-order chi connectivity index (χ0) is 16.1. The van der Waals surface area contributed by atoms with Crippen molar-refractivity contribution in [2.45, 2.75) is 19.3 Å². The molecule has 0 radical (unpaired) electrons. The fourth-order valence-electron chi connectivity index (χ4n) is 2.94. The predicted octanol–water partition coefficient (Wildman–Crippen LogP) is 5.04. The Hall–Kier alpha value is -2.61. The van der Waals surface area contributed by atoms with E-state index >= 15 is 0 Å². The molecule has 0 saturated carbocycles. The molecular formula is C21H20O2. The monoisotopic (exact) mass is 304 g/mol. The second-order valence-electron chi connectivity index (χ2n) is 5.60. The molecule has 3 aromatic rings. The van der Waals surface area contributed by atoms with Gasteiger partial charge in [-0.1, -0.05) is 54.6 Å². The number of ether oxygens (including phenoxy) is 1. The van der Waals surface area contributed by atoms with E-state index < -0.39 is 0 Å². The topological polar surface area (TPSA) is 26.3 Å². The van der Waals surface area contributed by atoms with E-state index in [2.05, 4.69) is 61.2 Å². The normalized spacial score (nSPS) is 10.8. The molecule has 0 amide bonds. The third-order valence-corrected chi connectivity index (χ3v) is 4.05. The minimum absolute atomic E-state index is 0.158. The third-order valence-electron chi connectivity index (χ3n) is 4.05. The summed E-state index contributed by atoms with van der Waals surface area (Å²) >= 11 is 0. The van der Waals surface area contributed by atoms with Gasteiger partial charge in [-0.15, -0.1) is 6.58 Å². The molecule has 2 nitrogen and oxygen atoms in total. The van der Waals surface area contributed by atoms with Crippen molar-refractivity contribution in [1.82, 2.24) is 0 Å². The number of benzene rings is 3. The first-order valence-corrected chi connectivity index (χ1v) is 7.95. The number of rotatable bonds is 6. The van der Waals surface area contributed by atoms with E-state index in [-0.39, 0.29) is 5.97 Å². The summed E-state index contributed by atoms with van der Waals surface area (Å²) in [7, 11) is 0. The van der Waals surface area contributed by atoms with E-state index in [1.165, 1.54) is 27.1 Å². The lowest BCUT2D eigenvalue weighted by molar-refractivity contribution is -0.143. The van der Waals surface area contributed by atoms with Crippen LogP contribution in [0.2, 0.25) is 0 Å². The second-order valence-corrected chi connectivity index (χ2v) is 5.60. The Morgan fingerprint density at radius 3 is 2.22 bits per heavy atom. The van der Waals surface area contributed by atoms with Gasteiger partial charge in [-0.3, -0.25) is 4.79 Å². The highest BCUT2D eigenvalue weighted by Crippen LogP contribution is 2.28. The van der Waals surface area contributed by atoms with Crippen molar-refractivity contribution in [2.24, 2.45) is 0 Å². The van der Waals surface area contributed by atoms with Crippen LogP contribution in [0, 0.1) is 0 Å². The van der Waals surface area contributed by atoms with Gasteiger partial charge in [0.15, 0.2) is 0 Å². The second kappa shape index (κ2) is 7.10. The molecule has 2 heteroatoms. The van der Waals surface area contributed by atoms with Crippen molar-refractivity contribution >= 4 is 27.5 Å². The van der Waals surface area contributed by atoms with Gasteiger partial charge in [0, 0.05) is 12.8 Å². The fraction of sp³-hybridized carbons (Fsp3) is 0.190. The summed E-state index contributed by atoms with van der Waals surface area (Å²) in [6, 6.07) is 18.9. The summed E-state index contributed by atoms with van der Waals surface area (Å²) < 4.78 is 5.36. The highest BCUT2D eigenvalue weighted by Gasteiger charge is 2.08. The lowest BCUT2D eigenvalue weighted by Gasteiger charge is -2.12. The van der Waals surface area contributed by atoms with Gasteiger partial charge in [0.05, 0.1) is 6.61 Å². The summed E-state index contributed by atoms with van der Waals surface area (Å²) in [6.45, 7) is 4.03. The molecule has 0 atom stereocenters. The molecule has 0 heterocycles. The Balaban J connectivity index is 1.88. The van der Waals surface area contributed by atoms with Crippen LogP contribution >= 0.6 is 0 Å². The molecule has 0 saturated heterocycles. The zero-order valence-corrected chi connectivity index (χ0v) is 13.1. The van der Waals surface area contributed by atoms with Crippen LogP contribution in [0.1, 0.15) is 18.4 Å². The van der Waals surface area contributed by atoms with Gasteiger partial charge in [-0.05, 0) is 39.6 Å². The quantitative estimate of drug-likeness (QED) is 0.362.